The molecule has 0 atom stereocenters. The van der Waals surface area contributed by atoms with Gasteiger partial charge in [0.15, 0.2) is 5.78 Å². The number of aliphatic hydroxyl groups excluding tert-OH is 1. The van der Waals surface area contributed by atoms with E-state index in [4.69, 9.17) is 10.2 Å². The van der Waals surface area contributed by atoms with Crippen molar-refractivity contribution >= 4 is 17.7 Å². The number of ketones is 1. The number of carbonyl (C=O) groups is 3. The summed E-state index contributed by atoms with van der Waals surface area (Å²) in [4.78, 5) is 34.2. The zero-order valence-corrected chi connectivity index (χ0v) is 12.3. The molecule has 0 unspecified atom stereocenters. The first-order valence-corrected chi connectivity index (χ1v) is 6.70. The van der Waals surface area contributed by atoms with E-state index in [1.807, 2.05) is 0 Å². The summed E-state index contributed by atoms with van der Waals surface area (Å²) >= 11 is 0. The lowest BCUT2D eigenvalue weighted by atomic mass is 9.90. The number of rotatable bonds is 8. The topological polar surface area (TPSA) is 112 Å². The molecule has 3 N–H and O–H groups in total. The van der Waals surface area contributed by atoms with Gasteiger partial charge in [-0.15, -0.1) is 0 Å². The highest BCUT2D eigenvalue weighted by Crippen LogP contribution is 2.22. The quantitative estimate of drug-likeness (QED) is 0.630. The number of carboxylic acids is 2. The molecule has 0 spiro atoms. The SMILES string of the molecule is C=C(C)C(=O)CCc1ccc(C(=O)O)c(C(=O)O)c1CCO. The van der Waals surface area contributed by atoms with Gasteiger partial charge in [-0.3, -0.25) is 4.79 Å². The van der Waals surface area contributed by atoms with Crippen LogP contribution in [-0.2, 0) is 17.6 Å². The van der Waals surface area contributed by atoms with E-state index in [0.717, 1.165) is 0 Å². The van der Waals surface area contributed by atoms with Gasteiger partial charge in [0.05, 0.1) is 11.1 Å². The summed E-state index contributed by atoms with van der Waals surface area (Å²) in [5.74, 6) is -2.86. The second-order valence-electron chi connectivity index (χ2n) is 4.91. The number of hydrogen-bond donors (Lipinski definition) is 3. The van der Waals surface area contributed by atoms with E-state index in [9.17, 15) is 19.5 Å². The predicted octanol–water partition coefficient (Wildman–Crippen LogP) is 1.70. The first-order valence-electron chi connectivity index (χ1n) is 6.70. The minimum Gasteiger partial charge on any atom is -0.478 e. The number of aliphatic hydroxyl groups is 1. The zero-order valence-electron chi connectivity index (χ0n) is 12.3. The highest BCUT2D eigenvalue weighted by atomic mass is 16.4. The molecule has 0 heterocycles. The molecule has 6 heteroatoms. The lowest BCUT2D eigenvalue weighted by molar-refractivity contribution is -0.115. The van der Waals surface area contributed by atoms with Gasteiger partial charge in [0.25, 0.3) is 0 Å². The maximum atomic E-state index is 11.6. The van der Waals surface area contributed by atoms with Crippen molar-refractivity contribution in [3.63, 3.8) is 0 Å². The van der Waals surface area contributed by atoms with Crippen LogP contribution < -0.4 is 0 Å². The number of aromatic carboxylic acids is 2. The van der Waals surface area contributed by atoms with Gasteiger partial charge < -0.3 is 15.3 Å². The summed E-state index contributed by atoms with van der Waals surface area (Å²) in [7, 11) is 0. The van der Waals surface area contributed by atoms with E-state index in [-0.39, 0.29) is 48.3 Å². The van der Waals surface area contributed by atoms with E-state index in [1.165, 1.54) is 12.1 Å². The Balaban J connectivity index is 3.30. The maximum Gasteiger partial charge on any atom is 0.336 e. The lowest BCUT2D eigenvalue weighted by Gasteiger charge is -2.14. The summed E-state index contributed by atoms with van der Waals surface area (Å²) in [6.45, 7) is 4.82. The smallest absolute Gasteiger partial charge is 0.336 e. The van der Waals surface area contributed by atoms with E-state index < -0.39 is 11.9 Å². The fraction of sp³-hybridized carbons (Fsp3) is 0.312. The van der Waals surface area contributed by atoms with Gasteiger partial charge in [0, 0.05) is 13.0 Å². The molecule has 0 aliphatic rings. The van der Waals surface area contributed by atoms with Gasteiger partial charge in [-0.1, -0.05) is 12.6 Å². The van der Waals surface area contributed by atoms with Crippen molar-refractivity contribution < 1.29 is 29.7 Å². The summed E-state index contributed by atoms with van der Waals surface area (Å²) in [5.41, 5.74) is 0.549. The zero-order chi connectivity index (χ0) is 16.9. The standard InChI is InChI=1S/C16H18O6/c1-9(2)13(18)6-4-10-3-5-12(15(19)20)14(16(21)22)11(10)7-8-17/h3,5,17H,1,4,6-8H2,2H3,(H,19,20)(H,21,22). The maximum absolute atomic E-state index is 11.6. The summed E-state index contributed by atoms with van der Waals surface area (Å²) in [6.07, 6.45) is 0.430. The molecular weight excluding hydrogens is 288 g/mol. The van der Waals surface area contributed by atoms with Gasteiger partial charge in [0.2, 0.25) is 0 Å². The highest BCUT2D eigenvalue weighted by molar-refractivity contribution is 6.03. The van der Waals surface area contributed by atoms with Crippen LogP contribution in [0.3, 0.4) is 0 Å². The van der Waals surface area contributed by atoms with Crippen LogP contribution in [0.1, 0.15) is 45.2 Å². The van der Waals surface area contributed by atoms with Crippen LogP contribution in [0.5, 0.6) is 0 Å². The third-order valence-corrected chi connectivity index (χ3v) is 3.31. The average Bonchev–Trinajstić information content (AvgIpc) is 2.44. The Labute approximate surface area is 127 Å². The Morgan fingerprint density at radius 3 is 2.18 bits per heavy atom. The molecule has 0 amide bonds. The lowest BCUT2D eigenvalue weighted by Crippen LogP contribution is -2.15. The molecule has 22 heavy (non-hydrogen) atoms. The number of aryl methyl sites for hydroxylation is 1. The Morgan fingerprint density at radius 1 is 1.09 bits per heavy atom. The molecule has 1 aromatic rings. The average molecular weight is 306 g/mol. The fourth-order valence-electron chi connectivity index (χ4n) is 2.21. The second kappa shape index (κ2) is 7.51. The van der Waals surface area contributed by atoms with E-state index in [0.29, 0.717) is 11.1 Å². The first kappa shape index (κ1) is 17.6. The number of benzene rings is 1. The minimum atomic E-state index is -1.37. The minimum absolute atomic E-state index is 0.0132. The molecule has 1 aromatic carbocycles. The molecule has 6 nitrogen and oxygen atoms in total. The third-order valence-electron chi connectivity index (χ3n) is 3.31. The van der Waals surface area contributed by atoms with Crippen LogP contribution in [0.2, 0.25) is 0 Å². The molecule has 0 bridgehead atoms. The molecule has 1 rings (SSSR count). The van der Waals surface area contributed by atoms with Crippen molar-refractivity contribution in [2.45, 2.75) is 26.2 Å². The van der Waals surface area contributed by atoms with Crippen LogP contribution in [-0.4, -0.2) is 39.6 Å². The molecule has 0 saturated carbocycles. The van der Waals surface area contributed by atoms with Crippen LogP contribution in [0.25, 0.3) is 0 Å². The molecule has 0 aliphatic heterocycles. The highest BCUT2D eigenvalue weighted by Gasteiger charge is 2.22. The van der Waals surface area contributed by atoms with Gasteiger partial charge in [-0.25, -0.2) is 9.59 Å². The summed E-state index contributed by atoms with van der Waals surface area (Å²) in [6, 6.07) is 2.71. The first-order chi connectivity index (χ1) is 10.3. The van der Waals surface area contributed by atoms with Crippen molar-refractivity contribution in [1.82, 2.24) is 0 Å². The number of Topliss-reactive ketones (excluding diaryl/α,β-unsaturated/α-hetero) is 1. The normalized spacial score (nSPS) is 10.3. The van der Waals surface area contributed by atoms with Crippen LogP contribution in [0, 0.1) is 0 Å². The van der Waals surface area contributed by atoms with Crippen LogP contribution >= 0.6 is 0 Å². The largest absolute Gasteiger partial charge is 0.478 e. The van der Waals surface area contributed by atoms with Crippen molar-refractivity contribution in [2.75, 3.05) is 6.61 Å². The molecule has 0 saturated heterocycles. The number of carbonyl (C=O) groups excluding carboxylic acids is 1. The van der Waals surface area contributed by atoms with Crippen molar-refractivity contribution in [3.8, 4) is 0 Å². The Bertz CT molecular complexity index is 630. The summed E-state index contributed by atoms with van der Waals surface area (Å²) in [5, 5.41) is 27.5. The van der Waals surface area contributed by atoms with Gasteiger partial charge in [0.1, 0.15) is 0 Å². The fourth-order valence-corrected chi connectivity index (χ4v) is 2.21. The Morgan fingerprint density at radius 2 is 1.73 bits per heavy atom. The van der Waals surface area contributed by atoms with Gasteiger partial charge in [-0.2, -0.15) is 0 Å². The molecule has 0 fully saturated rings. The van der Waals surface area contributed by atoms with E-state index in [1.54, 1.807) is 6.92 Å². The van der Waals surface area contributed by atoms with Crippen LogP contribution in [0.4, 0.5) is 0 Å². The van der Waals surface area contributed by atoms with Gasteiger partial charge >= 0.3 is 11.9 Å². The number of carboxylic acid groups (broad SMARTS) is 2. The molecule has 118 valence electrons. The molecule has 0 aromatic heterocycles. The van der Waals surface area contributed by atoms with Crippen molar-refractivity contribution in [3.05, 3.63) is 46.5 Å². The van der Waals surface area contributed by atoms with Crippen LogP contribution in [0.15, 0.2) is 24.3 Å². The van der Waals surface area contributed by atoms with E-state index >= 15 is 0 Å². The van der Waals surface area contributed by atoms with Crippen molar-refractivity contribution in [2.24, 2.45) is 0 Å². The molecule has 0 radical (unpaired) electrons. The number of allylic oxidation sites excluding steroid dienone is 1. The molecular formula is C16H18O6. The third kappa shape index (κ3) is 4.02. The summed E-state index contributed by atoms with van der Waals surface area (Å²) < 4.78 is 0. The predicted molar refractivity (Wildman–Crippen MR) is 79.3 cm³/mol. The van der Waals surface area contributed by atoms with Gasteiger partial charge in [-0.05, 0) is 42.5 Å². The Hall–Kier alpha value is -2.47. The molecule has 0 aliphatic carbocycles. The second-order valence-corrected chi connectivity index (χ2v) is 4.91. The monoisotopic (exact) mass is 306 g/mol. The Kier molecular flexibility index (Phi) is 6.00. The van der Waals surface area contributed by atoms with Crippen molar-refractivity contribution in [1.29, 1.82) is 0 Å². The van der Waals surface area contributed by atoms with E-state index in [2.05, 4.69) is 6.58 Å². The number of hydrogen-bond acceptors (Lipinski definition) is 4.